The van der Waals surface area contributed by atoms with Gasteiger partial charge in [-0.2, -0.15) is 13.2 Å². The predicted molar refractivity (Wildman–Crippen MR) is 66.0 cm³/mol. The minimum absolute atomic E-state index is 0.00621. The number of nitrogens with two attached hydrogens (primary N) is 1. The number of benzene rings is 1. The van der Waals surface area contributed by atoms with Crippen LogP contribution >= 0.6 is 0 Å². The molecule has 1 atom stereocenters. The third kappa shape index (κ3) is 4.71. The maximum atomic E-state index is 12.2. The lowest BCUT2D eigenvalue weighted by Crippen LogP contribution is -2.36. The second-order valence-electron chi connectivity index (χ2n) is 4.38. The van der Waals surface area contributed by atoms with Crippen LogP contribution in [-0.2, 0) is 10.0 Å². The van der Waals surface area contributed by atoms with Crippen molar-refractivity contribution in [2.45, 2.75) is 37.4 Å². The number of anilines is 1. The third-order valence-corrected chi connectivity index (χ3v) is 4.01. The molecule has 0 saturated carbocycles. The number of nitrogens with one attached hydrogen (secondary N) is 1. The summed E-state index contributed by atoms with van der Waals surface area (Å²) in [4.78, 5) is -0.216. The SMILES string of the molecule is Cc1ccc(S(=O)(=O)NC(C)CC(F)(F)F)c(N)c1. The molecule has 0 aromatic heterocycles. The van der Waals surface area contributed by atoms with Gasteiger partial charge in [0.15, 0.2) is 0 Å². The molecule has 3 N–H and O–H groups in total. The quantitative estimate of drug-likeness (QED) is 0.837. The molecular formula is C11H15F3N2O2S. The summed E-state index contributed by atoms with van der Waals surface area (Å²) in [5.74, 6) is 0. The number of hydrogen-bond donors (Lipinski definition) is 2. The van der Waals surface area contributed by atoms with Crippen LogP contribution in [0.2, 0.25) is 0 Å². The minimum atomic E-state index is -4.43. The number of sulfonamides is 1. The van der Waals surface area contributed by atoms with Crippen molar-refractivity contribution >= 4 is 15.7 Å². The molecule has 0 spiro atoms. The Morgan fingerprint density at radius 3 is 2.42 bits per heavy atom. The molecule has 19 heavy (non-hydrogen) atoms. The molecule has 1 rings (SSSR count). The lowest BCUT2D eigenvalue weighted by Gasteiger charge is -2.16. The number of halogens is 3. The van der Waals surface area contributed by atoms with Gasteiger partial charge in [-0.1, -0.05) is 6.07 Å². The Hall–Kier alpha value is -1.28. The van der Waals surface area contributed by atoms with Crippen LogP contribution in [0.5, 0.6) is 0 Å². The average molecular weight is 296 g/mol. The van der Waals surface area contributed by atoms with Crippen molar-refractivity contribution in [1.29, 1.82) is 0 Å². The summed E-state index contributed by atoms with van der Waals surface area (Å²) in [5.41, 5.74) is 6.34. The number of alkyl halides is 3. The van der Waals surface area contributed by atoms with E-state index in [-0.39, 0.29) is 10.6 Å². The van der Waals surface area contributed by atoms with Gasteiger partial charge in [-0.05, 0) is 31.5 Å². The summed E-state index contributed by atoms with van der Waals surface area (Å²) in [5, 5.41) is 0. The first-order chi connectivity index (χ1) is 8.51. The van der Waals surface area contributed by atoms with E-state index in [9.17, 15) is 21.6 Å². The normalized spacial score (nSPS) is 14.4. The molecular weight excluding hydrogens is 281 g/mol. The highest BCUT2D eigenvalue weighted by Crippen LogP contribution is 2.24. The van der Waals surface area contributed by atoms with E-state index in [0.717, 1.165) is 12.5 Å². The predicted octanol–water partition coefficient (Wildman–Crippen LogP) is 2.20. The molecule has 1 aromatic rings. The van der Waals surface area contributed by atoms with Crippen molar-refractivity contribution in [3.63, 3.8) is 0 Å². The van der Waals surface area contributed by atoms with Crippen LogP contribution in [0.25, 0.3) is 0 Å². The first-order valence-corrected chi connectivity index (χ1v) is 6.95. The molecule has 8 heteroatoms. The third-order valence-electron chi connectivity index (χ3n) is 2.35. The molecule has 1 unspecified atom stereocenters. The van der Waals surface area contributed by atoms with Gasteiger partial charge in [0.05, 0.1) is 12.1 Å². The smallest absolute Gasteiger partial charge is 0.390 e. The van der Waals surface area contributed by atoms with E-state index in [1.54, 1.807) is 6.92 Å². The summed E-state index contributed by atoms with van der Waals surface area (Å²) >= 11 is 0. The molecule has 0 radical (unpaired) electrons. The van der Waals surface area contributed by atoms with E-state index < -0.39 is 28.7 Å². The highest BCUT2D eigenvalue weighted by molar-refractivity contribution is 7.89. The molecule has 1 aromatic carbocycles. The Kier molecular flexibility index (Phi) is 4.46. The van der Waals surface area contributed by atoms with E-state index >= 15 is 0 Å². The summed E-state index contributed by atoms with van der Waals surface area (Å²) in [7, 11) is -4.05. The summed E-state index contributed by atoms with van der Waals surface area (Å²) in [6.07, 6.45) is -5.67. The highest BCUT2D eigenvalue weighted by Gasteiger charge is 2.32. The fraction of sp³-hybridized carbons (Fsp3) is 0.455. The number of nitrogen functional groups attached to an aromatic ring is 1. The molecule has 0 aliphatic heterocycles. The molecule has 4 nitrogen and oxygen atoms in total. The van der Waals surface area contributed by atoms with Gasteiger partial charge in [-0.25, -0.2) is 13.1 Å². The summed E-state index contributed by atoms with van der Waals surface area (Å²) < 4.78 is 62.2. The maximum absolute atomic E-state index is 12.2. The Labute approximate surface area is 109 Å². The molecule has 0 bridgehead atoms. The second-order valence-corrected chi connectivity index (χ2v) is 6.07. The molecule has 0 aliphatic rings. The fourth-order valence-corrected chi connectivity index (χ4v) is 2.99. The van der Waals surface area contributed by atoms with Gasteiger partial charge >= 0.3 is 6.18 Å². The van der Waals surface area contributed by atoms with E-state index in [4.69, 9.17) is 5.73 Å². The lowest BCUT2D eigenvalue weighted by atomic mass is 10.2. The first-order valence-electron chi connectivity index (χ1n) is 5.46. The van der Waals surface area contributed by atoms with E-state index in [2.05, 4.69) is 0 Å². The second kappa shape index (κ2) is 5.38. The number of rotatable bonds is 4. The summed E-state index contributed by atoms with van der Waals surface area (Å²) in [6, 6.07) is 2.99. The maximum Gasteiger partial charge on any atom is 0.390 e. The fourth-order valence-electron chi connectivity index (χ4n) is 1.63. The van der Waals surface area contributed by atoms with Crippen molar-refractivity contribution in [2.75, 3.05) is 5.73 Å². The number of aryl methyl sites for hydroxylation is 1. The summed E-state index contributed by atoms with van der Waals surface area (Å²) in [6.45, 7) is 2.88. The van der Waals surface area contributed by atoms with E-state index in [1.807, 2.05) is 4.72 Å². The lowest BCUT2D eigenvalue weighted by molar-refractivity contribution is -0.137. The van der Waals surface area contributed by atoms with E-state index in [1.165, 1.54) is 18.2 Å². The molecule has 0 aliphatic carbocycles. The van der Waals surface area contributed by atoms with Crippen LogP contribution in [-0.4, -0.2) is 20.6 Å². The Bertz CT molecular complexity index is 556. The van der Waals surface area contributed by atoms with Gasteiger partial charge in [0.2, 0.25) is 10.0 Å². The van der Waals surface area contributed by atoms with E-state index in [0.29, 0.717) is 0 Å². The Morgan fingerprint density at radius 2 is 1.95 bits per heavy atom. The van der Waals surface area contributed by atoms with Crippen LogP contribution in [0.15, 0.2) is 23.1 Å². The molecule has 0 fully saturated rings. The highest BCUT2D eigenvalue weighted by atomic mass is 32.2. The van der Waals surface area contributed by atoms with Gasteiger partial charge in [-0.3, -0.25) is 0 Å². The Balaban J connectivity index is 2.93. The van der Waals surface area contributed by atoms with Crippen molar-refractivity contribution in [3.05, 3.63) is 23.8 Å². The number of hydrogen-bond acceptors (Lipinski definition) is 3. The van der Waals surface area contributed by atoms with Gasteiger partial charge in [0.25, 0.3) is 0 Å². The topological polar surface area (TPSA) is 72.2 Å². The zero-order chi connectivity index (χ0) is 14.8. The largest absolute Gasteiger partial charge is 0.398 e. The monoisotopic (exact) mass is 296 g/mol. The van der Waals surface area contributed by atoms with Gasteiger partial charge in [0, 0.05) is 6.04 Å². The van der Waals surface area contributed by atoms with Gasteiger partial charge < -0.3 is 5.73 Å². The van der Waals surface area contributed by atoms with Crippen molar-refractivity contribution in [1.82, 2.24) is 4.72 Å². The average Bonchev–Trinajstić information content (AvgIpc) is 2.11. The van der Waals surface area contributed by atoms with Crippen LogP contribution < -0.4 is 10.5 Å². The van der Waals surface area contributed by atoms with Crippen LogP contribution in [0.4, 0.5) is 18.9 Å². The zero-order valence-electron chi connectivity index (χ0n) is 10.5. The Morgan fingerprint density at radius 1 is 1.37 bits per heavy atom. The molecule has 0 amide bonds. The molecule has 0 heterocycles. The molecule has 0 saturated heterocycles. The minimum Gasteiger partial charge on any atom is -0.398 e. The zero-order valence-corrected chi connectivity index (χ0v) is 11.3. The van der Waals surface area contributed by atoms with Crippen molar-refractivity contribution in [2.24, 2.45) is 0 Å². The van der Waals surface area contributed by atoms with Crippen molar-refractivity contribution in [3.8, 4) is 0 Å². The molecule has 108 valence electrons. The van der Waals surface area contributed by atoms with Crippen molar-refractivity contribution < 1.29 is 21.6 Å². The standard InChI is InChI=1S/C11H15F3N2O2S/c1-7-3-4-10(9(15)5-7)19(17,18)16-8(2)6-11(12,13)14/h3-5,8,16H,6,15H2,1-2H3. The van der Waals surface area contributed by atoms with Gasteiger partial charge in [0.1, 0.15) is 4.90 Å². The first kappa shape index (κ1) is 15.8. The van der Waals surface area contributed by atoms with Crippen LogP contribution in [0, 0.1) is 6.92 Å². The van der Waals surface area contributed by atoms with Crippen LogP contribution in [0.1, 0.15) is 18.9 Å². The van der Waals surface area contributed by atoms with Gasteiger partial charge in [-0.15, -0.1) is 0 Å². The van der Waals surface area contributed by atoms with Crippen LogP contribution in [0.3, 0.4) is 0 Å².